The van der Waals surface area contributed by atoms with Gasteiger partial charge in [-0.1, -0.05) is 60.7 Å². The van der Waals surface area contributed by atoms with Gasteiger partial charge < -0.3 is 10.6 Å². The lowest BCUT2D eigenvalue weighted by molar-refractivity contribution is -0.127. The van der Waals surface area contributed by atoms with Crippen LogP contribution in [0.1, 0.15) is 18.1 Å². The van der Waals surface area contributed by atoms with E-state index in [0.29, 0.717) is 17.1 Å². The minimum atomic E-state index is -1.55. The van der Waals surface area contributed by atoms with Crippen LogP contribution in [-0.2, 0) is 9.59 Å². The molecule has 0 bridgehead atoms. The fourth-order valence-electron chi connectivity index (χ4n) is 3.58. The number of amides is 2. The molecule has 4 rings (SSSR count). The van der Waals surface area contributed by atoms with Gasteiger partial charge in [0.1, 0.15) is 5.71 Å². The number of nitrogens with zero attached hydrogens (tertiary/aromatic N) is 2. The number of hydrogen-bond acceptors (Lipinski definition) is 4. The molecule has 1 unspecified atom stereocenters. The smallest absolute Gasteiger partial charge is 0.300 e. The predicted octanol–water partition coefficient (Wildman–Crippen LogP) is 3.69. The molecule has 0 radical (unpaired) electrons. The van der Waals surface area contributed by atoms with Gasteiger partial charge in [0, 0.05) is 18.2 Å². The summed E-state index contributed by atoms with van der Waals surface area (Å²) in [6.07, 6.45) is 0. The zero-order chi connectivity index (χ0) is 21.1. The lowest BCUT2D eigenvalue weighted by atomic mass is 9.93. The third-order valence-corrected chi connectivity index (χ3v) is 4.94. The first-order valence-electron chi connectivity index (χ1n) is 9.68. The second-order valence-corrected chi connectivity index (χ2v) is 7.14. The number of benzene rings is 3. The normalized spacial score (nSPS) is 18.1. The summed E-state index contributed by atoms with van der Waals surface area (Å²) >= 11 is 0. The van der Waals surface area contributed by atoms with E-state index in [1.807, 2.05) is 91.9 Å². The number of rotatable bonds is 5. The highest BCUT2D eigenvalue weighted by molar-refractivity contribution is 6.31. The molecule has 0 saturated heterocycles. The molecule has 0 aromatic heterocycles. The maximum Gasteiger partial charge on any atom is 0.300 e. The molecule has 2 N–H and O–H groups in total. The number of nitrogens with one attached hydrogen (secondary N) is 2. The minimum Gasteiger partial charge on any atom is -0.350 e. The van der Waals surface area contributed by atoms with Crippen molar-refractivity contribution >= 4 is 28.9 Å². The Balaban J connectivity index is 1.92. The fourth-order valence-corrected chi connectivity index (χ4v) is 3.58. The molecule has 30 heavy (non-hydrogen) atoms. The molecule has 1 aliphatic rings. The van der Waals surface area contributed by atoms with Crippen molar-refractivity contribution in [3.63, 3.8) is 0 Å². The van der Waals surface area contributed by atoms with E-state index >= 15 is 0 Å². The Morgan fingerprint density at radius 1 is 0.900 bits per heavy atom. The number of carbonyl (C=O) groups is 2. The molecule has 0 aliphatic carbocycles. The van der Waals surface area contributed by atoms with Crippen molar-refractivity contribution in [2.45, 2.75) is 19.5 Å². The van der Waals surface area contributed by atoms with Crippen LogP contribution in [0.5, 0.6) is 0 Å². The topological polar surface area (TPSA) is 73.8 Å². The van der Waals surface area contributed by atoms with Crippen LogP contribution in [0, 0.1) is 6.92 Å². The first-order valence-corrected chi connectivity index (χ1v) is 9.68. The zero-order valence-electron chi connectivity index (χ0n) is 16.8. The number of anilines is 2. The van der Waals surface area contributed by atoms with Crippen molar-refractivity contribution < 1.29 is 9.59 Å². The van der Waals surface area contributed by atoms with Gasteiger partial charge in [0.15, 0.2) is 0 Å². The first-order chi connectivity index (χ1) is 14.5. The van der Waals surface area contributed by atoms with Crippen LogP contribution in [-0.4, -0.2) is 23.2 Å². The maximum absolute atomic E-state index is 13.8. The Morgan fingerprint density at radius 3 is 2.13 bits per heavy atom. The summed E-state index contributed by atoms with van der Waals surface area (Å²) in [7, 11) is 0. The monoisotopic (exact) mass is 398 g/mol. The molecule has 1 heterocycles. The highest BCUT2D eigenvalue weighted by Crippen LogP contribution is 2.32. The standard InChI is InChI=1S/C24H22N4O2/c1-17-11-9-10-16-21(17)22-24(25-18(2)29,26-19-12-5-3-6-13-19)23(30)28(27-22)20-14-7-4-8-15-20/h3-16,26H,1-2H3,(H,25,29). The Kier molecular flexibility index (Phi) is 5.06. The van der Waals surface area contributed by atoms with Gasteiger partial charge in [0.25, 0.3) is 0 Å². The molecule has 1 atom stereocenters. The van der Waals surface area contributed by atoms with Crippen molar-refractivity contribution in [1.82, 2.24) is 5.32 Å². The minimum absolute atomic E-state index is 0.344. The van der Waals surface area contributed by atoms with Crippen molar-refractivity contribution in [1.29, 1.82) is 0 Å². The van der Waals surface area contributed by atoms with Gasteiger partial charge in [-0.2, -0.15) is 10.1 Å². The van der Waals surface area contributed by atoms with Crippen LogP contribution in [0.15, 0.2) is 90.0 Å². The SMILES string of the molecule is CC(=O)NC1(Nc2ccccc2)C(=O)N(c2ccccc2)N=C1c1ccccc1C. The molecule has 0 spiro atoms. The number of hydrogen-bond donors (Lipinski definition) is 2. The quantitative estimate of drug-likeness (QED) is 0.644. The molecule has 6 heteroatoms. The van der Waals surface area contributed by atoms with Gasteiger partial charge >= 0.3 is 5.91 Å². The average Bonchev–Trinajstić information content (AvgIpc) is 3.01. The Labute approximate surface area is 175 Å². The van der Waals surface area contributed by atoms with Crippen LogP contribution >= 0.6 is 0 Å². The van der Waals surface area contributed by atoms with Crippen LogP contribution in [0.4, 0.5) is 11.4 Å². The van der Waals surface area contributed by atoms with E-state index in [-0.39, 0.29) is 11.8 Å². The summed E-state index contributed by atoms with van der Waals surface area (Å²) in [6, 6.07) is 26.2. The second kappa shape index (κ2) is 7.83. The molecule has 0 saturated carbocycles. The van der Waals surface area contributed by atoms with Gasteiger partial charge in [-0.25, -0.2) is 0 Å². The summed E-state index contributed by atoms with van der Waals surface area (Å²) in [5, 5.41) is 12.2. The molecule has 0 fully saturated rings. The molecule has 150 valence electrons. The largest absolute Gasteiger partial charge is 0.350 e. The Hall–Kier alpha value is -3.93. The van der Waals surface area contributed by atoms with Gasteiger partial charge in [-0.3, -0.25) is 9.59 Å². The zero-order valence-corrected chi connectivity index (χ0v) is 16.8. The number of hydrazone groups is 1. The summed E-state index contributed by atoms with van der Waals surface area (Å²) in [5.41, 5.74) is 1.93. The average molecular weight is 398 g/mol. The van der Waals surface area contributed by atoms with Crippen molar-refractivity contribution in [3.05, 3.63) is 96.1 Å². The van der Waals surface area contributed by atoms with Gasteiger partial charge in [0.2, 0.25) is 11.6 Å². The van der Waals surface area contributed by atoms with E-state index in [2.05, 4.69) is 10.6 Å². The Morgan fingerprint density at radius 2 is 1.50 bits per heavy atom. The highest BCUT2D eigenvalue weighted by atomic mass is 16.2. The maximum atomic E-state index is 13.8. The summed E-state index contributed by atoms with van der Waals surface area (Å²) < 4.78 is 0. The second-order valence-electron chi connectivity index (χ2n) is 7.14. The van der Waals surface area contributed by atoms with Crippen LogP contribution in [0.25, 0.3) is 0 Å². The van der Waals surface area contributed by atoms with Gasteiger partial charge in [-0.05, 0) is 36.8 Å². The third-order valence-electron chi connectivity index (χ3n) is 4.94. The van der Waals surface area contributed by atoms with E-state index in [4.69, 9.17) is 5.10 Å². The Bertz CT molecular complexity index is 1110. The van der Waals surface area contributed by atoms with Crippen molar-refractivity contribution in [2.75, 3.05) is 10.3 Å². The molecular weight excluding hydrogens is 376 g/mol. The van der Waals surface area contributed by atoms with Crippen LogP contribution < -0.4 is 15.6 Å². The summed E-state index contributed by atoms with van der Waals surface area (Å²) in [6.45, 7) is 3.34. The number of para-hydroxylation sites is 2. The van der Waals surface area contributed by atoms with E-state index in [1.54, 1.807) is 0 Å². The molecule has 3 aromatic rings. The molecule has 1 aliphatic heterocycles. The molecule has 3 aromatic carbocycles. The van der Waals surface area contributed by atoms with Gasteiger partial charge in [-0.15, -0.1) is 0 Å². The van der Waals surface area contributed by atoms with Crippen LogP contribution in [0.2, 0.25) is 0 Å². The number of aryl methyl sites for hydroxylation is 1. The van der Waals surface area contributed by atoms with E-state index in [1.165, 1.54) is 11.9 Å². The highest BCUT2D eigenvalue weighted by Gasteiger charge is 2.53. The predicted molar refractivity (Wildman–Crippen MR) is 118 cm³/mol. The first kappa shape index (κ1) is 19.4. The third kappa shape index (κ3) is 3.43. The molecule has 6 nitrogen and oxygen atoms in total. The van der Waals surface area contributed by atoms with Gasteiger partial charge in [0.05, 0.1) is 5.69 Å². The fraction of sp³-hybridized carbons (Fsp3) is 0.125. The van der Waals surface area contributed by atoms with Crippen molar-refractivity contribution in [2.24, 2.45) is 5.10 Å². The summed E-state index contributed by atoms with van der Waals surface area (Å²) in [5.74, 6) is -0.728. The van der Waals surface area contributed by atoms with E-state index < -0.39 is 5.66 Å². The van der Waals surface area contributed by atoms with E-state index in [0.717, 1.165) is 11.1 Å². The number of carbonyl (C=O) groups excluding carboxylic acids is 2. The van der Waals surface area contributed by atoms with Crippen molar-refractivity contribution in [3.8, 4) is 0 Å². The lowest BCUT2D eigenvalue weighted by Gasteiger charge is -2.32. The molecule has 2 amide bonds. The lowest BCUT2D eigenvalue weighted by Crippen LogP contribution is -2.64. The van der Waals surface area contributed by atoms with E-state index in [9.17, 15) is 9.59 Å². The molecular formula is C24H22N4O2. The summed E-state index contributed by atoms with van der Waals surface area (Å²) in [4.78, 5) is 26.1. The van der Waals surface area contributed by atoms with Crippen LogP contribution in [0.3, 0.4) is 0 Å².